The standard InChI is InChI=1S/C29H31N3O4S/c1-17(2)27(31-25(33)14-20-9-6-8-19-7-4-5-10-21(19)20)29(35)36-16-26(34)32-28-23(15-30)22-12-11-18(3)13-24(22)37-28/h4-10,17-18,27H,11-14,16H2,1-3H3,(H,31,33)(H,32,34). The van der Waals surface area contributed by atoms with E-state index in [2.05, 4.69) is 23.6 Å². The first-order chi connectivity index (χ1) is 17.8. The van der Waals surface area contributed by atoms with Crippen molar-refractivity contribution in [3.05, 3.63) is 64.0 Å². The molecule has 7 nitrogen and oxygen atoms in total. The SMILES string of the molecule is CC1CCc2c(sc(NC(=O)COC(=O)C(NC(=O)Cc3cccc4ccccc34)C(C)C)c2C#N)C1. The molecule has 8 heteroatoms. The van der Waals surface area contributed by atoms with Crippen molar-refractivity contribution >= 4 is 44.9 Å². The van der Waals surface area contributed by atoms with Crippen LogP contribution in [-0.4, -0.2) is 30.4 Å². The predicted octanol–water partition coefficient (Wildman–Crippen LogP) is 4.76. The van der Waals surface area contributed by atoms with Crippen molar-refractivity contribution in [3.63, 3.8) is 0 Å². The number of hydrogen-bond acceptors (Lipinski definition) is 6. The van der Waals surface area contributed by atoms with Crippen molar-refractivity contribution < 1.29 is 19.1 Å². The summed E-state index contributed by atoms with van der Waals surface area (Å²) < 4.78 is 5.27. The van der Waals surface area contributed by atoms with E-state index in [4.69, 9.17) is 4.74 Å². The van der Waals surface area contributed by atoms with Gasteiger partial charge in [0.15, 0.2) is 6.61 Å². The van der Waals surface area contributed by atoms with Crippen LogP contribution in [0.1, 0.15) is 48.8 Å². The zero-order valence-electron chi connectivity index (χ0n) is 21.3. The molecule has 0 spiro atoms. The van der Waals surface area contributed by atoms with Gasteiger partial charge in [0.25, 0.3) is 5.91 Å². The van der Waals surface area contributed by atoms with Crippen LogP contribution in [0.2, 0.25) is 0 Å². The smallest absolute Gasteiger partial charge is 0.329 e. The average Bonchev–Trinajstić information content (AvgIpc) is 3.21. The number of nitrogens with zero attached hydrogens (tertiary/aromatic N) is 1. The van der Waals surface area contributed by atoms with Gasteiger partial charge >= 0.3 is 5.97 Å². The Hall–Kier alpha value is -3.70. The van der Waals surface area contributed by atoms with Gasteiger partial charge in [0.2, 0.25) is 5.91 Å². The summed E-state index contributed by atoms with van der Waals surface area (Å²) in [4.78, 5) is 39.3. The quantitative estimate of drug-likeness (QED) is 0.419. The number of carbonyl (C=O) groups excluding carboxylic acids is 3. The Bertz CT molecular complexity index is 1370. The minimum absolute atomic E-state index is 0.122. The third-order valence-electron chi connectivity index (χ3n) is 6.69. The van der Waals surface area contributed by atoms with E-state index < -0.39 is 24.5 Å². The monoisotopic (exact) mass is 517 g/mol. The van der Waals surface area contributed by atoms with Crippen LogP contribution in [0.3, 0.4) is 0 Å². The molecular formula is C29H31N3O4S. The van der Waals surface area contributed by atoms with E-state index in [0.29, 0.717) is 16.5 Å². The van der Waals surface area contributed by atoms with E-state index in [-0.39, 0.29) is 18.2 Å². The second kappa shape index (κ2) is 11.6. The molecule has 192 valence electrons. The lowest BCUT2D eigenvalue weighted by Crippen LogP contribution is -2.46. The van der Waals surface area contributed by atoms with Gasteiger partial charge < -0.3 is 15.4 Å². The highest BCUT2D eigenvalue weighted by Gasteiger charge is 2.28. The van der Waals surface area contributed by atoms with E-state index in [1.54, 1.807) is 13.8 Å². The van der Waals surface area contributed by atoms with E-state index in [1.807, 2.05) is 42.5 Å². The molecule has 1 aliphatic rings. The number of nitriles is 1. The van der Waals surface area contributed by atoms with Gasteiger partial charge in [0, 0.05) is 4.88 Å². The minimum Gasteiger partial charge on any atom is -0.454 e. The van der Waals surface area contributed by atoms with Gasteiger partial charge in [-0.3, -0.25) is 9.59 Å². The van der Waals surface area contributed by atoms with E-state index in [9.17, 15) is 19.6 Å². The van der Waals surface area contributed by atoms with Gasteiger partial charge in [-0.2, -0.15) is 5.26 Å². The third kappa shape index (κ3) is 6.17. The number of nitrogens with one attached hydrogen (secondary N) is 2. The molecule has 0 aliphatic heterocycles. The minimum atomic E-state index is -0.888. The summed E-state index contributed by atoms with van der Waals surface area (Å²) >= 11 is 1.42. The molecule has 2 atom stereocenters. The third-order valence-corrected chi connectivity index (χ3v) is 7.86. The summed E-state index contributed by atoms with van der Waals surface area (Å²) in [7, 11) is 0. The Morgan fingerprint density at radius 1 is 1.14 bits per heavy atom. The maximum absolute atomic E-state index is 12.8. The maximum atomic E-state index is 12.8. The van der Waals surface area contributed by atoms with Crippen LogP contribution in [0.5, 0.6) is 0 Å². The fraction of sp³-hybridized carbons (Fsp3) is 0.379. The number of hydrogen-bond donors (Lipinski definition) is 2. The Kier molecular flexibility index (Phi) is 8.24. The van der Waals surface area contributed by atoms with E-state index >= 15 is 0 Å². The number of anilines is 1. The van der Waals surface area contributed by atoms with Gasteiger partial charge in [-0.05, 0) is 53.0 Å². The molecule has 0 saturated heterocycles. The van der Waals surface area contributed by atoms with Crippen LogP contribution in [-0.2, 0) is 38.4 Å². The Labute approximate surface area is 220 Å². The molecule has 0 fully saturated rings. The zero-order valence-corrected chi connectivity index (χ0v) is 22.1. The molecular weight excluding hydrogens is 486 g/mol. The van der Waals surface area contributed by atoms with Crippen LogP contribution in [0.25, 0.3) is 10.8 Å². The molecule has 1 heterocycles. The van der Waals surface area contributed by atoms with Crippen molar-refractivity contribution in [2.75, 3.05) is 11.9 Å². The largest absolute Gasteiger partial charge is 0.454 e. The Morgan fingerprint density at radius 3 is 2.65 bits per heavy atom. The molecule has 0 radical (unpaired) electrons. The molecule has 0 bridgehead atoms. The molecule has 2 N–H and O–H groups in total. The zero-order chi connectivity index (χ0) is 26.5. The van der Waals surface area contributed by atoms with Crippen molar-refractivity contribution in [1.82, 2.24) is 5.32 Å². The van der Waals surface area contributed by atoms with Crippen molar-refractivity contribution in [2.24, 2.45) is 11.8 Å². The van der Waals surface area contributed by atoms with Crippen LogP contribution in [0.15, 0.2) is 42.5 Å². The van der Waals surface area contributed by atoms with E-state index in [0.717, 1.165) is 46.0 Å². The summed E-state index contributed by atoms with van der Waals surface area (Å²) in [5.41, 5.74) is 2.39. The first-order valence-electron chi connectivity index (χ1n) is 12.5. The highest BCUT2D eigenvalue weighted by atomic mass is 32.1. The molecule has 4 rings (SSSR count). The lowest BCUT2D eigenvalue weighted by Gasteiger charge is -2.21. The predicted molar refractivity (Wildman–Crippen MR) is 144 cm³/mol. The van der Waals surface area contributed by atoms with Crippen LogP contribution in [0.4, 0.5) is 5.00 Å². The Morgan fingerprint density at radius 2 is 1.89 bits per heavy atom. The van der Waals surface area contributed by atoms with Crippen molar-refractivity contribution in [2.45, 2.75) is 52.5 Å². The van der Waals surface area contributed by atoms with Gasteiger partial charge in [0.1, 0.15) is 17.1 Å². The second-order valence-corrected chi connectivity index (χ2v) is 11.0. The fourth-order valence-corrected chi connectivity index (χ4v) is 6.07. The lowest BCUT2D eigenvalue weighted by molar-refractivity contribution is -0.151. The van der Waals surface area contributed by atoms with Crippen molar-refractivity contribution in [3.8, 4) is 6.07 Å². The van der Waals surface area contributed by atoms with Gasteiger partial charge in [0.05, 0.1) is 12.0 Å². The molecule has 2 unspecified atom stereocenters. The second-order valence-electron chi connectivity index (χ2n) is 9.93. The van der Waals surface area contributed by atoms with Crippen molar-refractivity contribution in [1.29, 1.82) is 5.26 Å². The van der Waals surface area contributed by atoms with Crippen LogP contribution >= 0.6 is 11.3 Å². The lowest BCUT2D eigenvalue weighted by atomic mass is 9.89. The molecule has 1 aromatic heterocycles. The highest BCUT2D eigenvalue weighted by Crippen LogP contribution is 2.39. The number of thiophene rings is 1. The number of carbonyl (C=O) groups is 3. The van der Waals surface area contributed by atoms with Crippen LogP contribution < -0.4 is 10.6 Å². The molecule has 1 aliphatic carbocycles. The number of esters is 1. The number of ether oxygens (including phenoxy) is 1. The summed E-state index contributed by atoms with van der Waals surface area (Å²) in [6, 6.07) is 14.9. The highest BCUT2D eigenvalue weighted by molar-refractivity contribution is 7.16. The fourth-order valence-electron chi connectivity index (χ4n) is 4.69. The molecule has 3 aromatic rings. The molecule has 0 saturated carbocycles. The first-order valence-corrected chi connectivity index (χ1v) is 13.4. The topological polar surface area (TPSA) is 108 Å². The molecule has 37 heavy (non-hydrogen) atoms. The maximum Gasteiger partial charge on any atom is 0.329 e. The molecule has 2 aromatic carbocycles. The van der Waals surface area contributed by atoms with Crippen LogP contribution in [0, 0.1) is 23.2 Å². The average molecular weight is 518 g/mol. The molecule has 2 amide bonds. The Balaban J connectivity index is 1.35. The van der Waals surface area contributed by atoms with Gasteiger partial charge in [-0.25, -0.2) is 4.79 Å². The summed E-state index contributed by atoms with van der Waals surface area (Å²) in [5.74, 6) is -1.17. The number of rotatable bonds is 8. The summed E-state index contributed by atoms with van der Waals surface area (Å²) in [6.45, 7) is 5.30. The first kappa shape index (κ1) is 26.4. The summed E-state index contributed by atoms with van der Waals surface area (Å²) in [5, 5.41) is 17.7. The number of fused-ring (bicyclic) bond motifs is 2. The number of benzene rings is 2. The normalized spacial score (nSPS) is 15.5. The van der Waals surface area contributed by atoms with Gasteiger partial charge in [-0.1, -0.05) is 63.2 Å². The number of amides is 2. The summed E-state index contributed by atoms with van der Waals surface area (Å²) in [6.07, 6.45) is 2.87. The van der Waals surface area contributed by atoms with E-state index in [1.165, 1.54) is 11.3 Å². The van der Waals surface area contributed by atoms with Gasteiger partial charge in [-0.15, -0.1) is 11.3 Å².